The Hall–Kier alpha value is -1.40. The highest BCUT2D eigenvalue weighted by atomic mass is 16.7. The molecule has 0 N–H and O–H groups in total. The van der Waals surface area contributed by atoms with Gasteiger partial charge in [0.1, 0.15) is 6.10 Å². The number of carbonyl (C=O) groups is 1. The standard InChI is InChI=1S/C20H33N3O3/c1-15-10-17(22(4)21-15)12-23(13-18-14-25-20(2,3)26-18)19(24)11-16-8-6-5-7-9-16/h10,16,18H,5-9,11-14H2,1-4H3. The fraction of sp³-hybridized carbons (Fsp3) is 0.800. The molecule has 146 valence electrons. The molecule has 0 radical (unpaired) electrons. The summed E-state index contributed by atoms with van der Waals surface area (Å²) in [6, 6.07) is 2.05. The zero-order chi connectivity index (χ0) is 18.7. The van der Waals surface area contributed by atoms with Crippen LogP contribution in [0.15, 0.2) is 6.07 Å². The van der Waals surface area contributed by atoms with Gasteiger partial charge in [-0.05, 0) is 45.6 Å². The first-order valence-electron chi connectivity index (χ1n) is 9.91. The molecule has 6 nitrogen and oxygen atoms in total. The van der Waals surface area contributed by atoms with E-state index >= 15 is 0 Å². The van der Waals surface area contributed by atoms with E-state index in [1.54, 1.807) is 0 Å². The smallest absolute Gasteiger partial charge is 0.223 e. The van der Waals surface area contributed by atoms with E-state index in [4.69, 9.17) is 9.47 Å². The number of ether oxygens (including phenoxy) is 2. The third kappa shape index (κ3) is 5.07. The second-order valence-corrected chi connectivity index (χ2v) is 8.33. The van der Waals surface area contributed by atoms with Crippen molar-refractivity contribution < 1.29 is 14.3 Å². The van der Waals surface area contributed by atoms with Crippen LogP contribution in [0.3, 0.4) is 0 Å². The summed E-state index contributed by atoms with van der Waals surface area (Å²) in [6.45, 7) is 7.50. The summed E-state index contributed by atoms with van der Waals surface area (Å²) in [5.41, 5.74) is 2.03. The van der Waals surface area contributed by atoms with E-state index in [0.29, 0.717) is 32.0 Å². The summed E-state index contributed by atoms with van der Waals surface area (Å²) in [5, 5.41) is 4.42. The number of aromatic nitrogens is 2. The van der Waals surface area contributed by atoms with Crippen LogP contribution in [0.5, 0.6) is 0 Å². The van der Waals surface area contributed by atoms with Gasteiger partial charge in [-0.25, -0.2) is 0 Å². The summed E-state index contributed by atoms with van der Waals surface area (Å²) >= 11 is 0. The van der Waals surface area contributed by atoms with Crippen LogP contribution < -0.4 is 0 Å². The molecule has 3 rings (SSSR count). The van der Waals surface area contributed by atoms with Crippen LogP contribution in [-0.4, -0.2) is 45.6 Å². The molecule has 1 unspecified atom stereocenters. The second kappa shape index (κ2) is 8.09. The van der Waals surface area contributed by atoms with E-state index in [0.717, 1.165) is 11.4 Å². The fourth-order valence-electron chi connectivity index (χ4n) is 4.13. The Balaban J connectivity index is 1.67. The Labute approximate surface area is 156 Å². The van der Waals surface area contributed by atoms with Crippen molar-refractivity contribution in [2.45, 2.75) is 77.7 Å². The lowest BCUT2D eigenvalue weighted by molar-refractivity contribution is -0.147. The molecule has 1 atom stereocenters. The fourth-order valence-corrected chi connectivity index (χ4v) is 4.13. The molecule has 1 saturated carbocycles. The molecule has 0 aromatic carbocycles. The number of amides is 1. The SMILES string of the molecule is Cc1cc(CN(CC2COC(C)(C)O2)C(=O)CC2CCCCC2)n(C)n1. The summed E-state index contributed by atoms with van der Waals surface area (Å²) < 4.78 is 13.5. The second-order valence-electron chi connectivity index (χ2n) is 8.33. The van der Waals surface area contributed by atoms with Crippen LogP contribution in [0.25, 0.3) is 0 Å². The monoisotopic (exact) mass is 363 g/mol. The average molecular weight is 364 g/mol. The maximum atomic E-state index is 13.1. The van der Waals surface area contributed by atoms with Gasteiger partial charge in [-0.15, -0.1) is 0 Å². The lowest BCUT2D eigenvalue weighted by atomic mass is 9.86. The minimum absolute atomic E-state index is 0.0744. The van der Waals surface area contributed by atoms with Crippen molar-refractivity contribution in [3.05, 3.63) is 17.5 Å². The summed E-state index contributed by atoms with van der Waals surface area (Å²) in [5.74, 6) is 0.194. The number of carbonyl (C=O) groups excluding carboxylic acids is 1. The number of hydrogen-bond acceptors (Lipinski definition) is 4. The quantitative estimate of drug-likeness (QED) is 0.779. The summed E-state index contributed by atoms with van der Waals surface area (Å²) in [4.78, 5) is 15.0. The lowest BCUT2D eigenvalue weighted by Crippen LogP contribution is -2.40. The number of rotatable bonds is 6. The van der Waals surface area contributed by atoms with Crippen molar-refractivity contribution in [2.24, 2.45) is 13.0 Å². The van der Waals surface area contributed by atoms with E-state index in [1.165, 1.54) is 32.1 Å². The zero-order valence-electron chi connectivity index (χ0n) is 16.7. The van der Waals surface area contributed by atoms with Gasteiger partial charge >= 0.3 is 0 Å². The van der Waals surface area contributed by atoms with Gasteiger partial charge in [0.25, 0.3) is 0 Å². The van der Waals surface area contributed by atoms with Crippen molar-refractivity contribution in [3.8, 4) is 0 Å². The summed E-state index contributed by atoms with van der Waals surface area (Å²) in [6.07, 6.45) is 6.76. The highest BCUT2D eigenvalue weighted by Crippen LogP contribution is 2.28. The van der Waals surface area contributed by atoms with Crippen LogP contribution >= 0.6 is 0 Å². The minimum atomic E-state index is -0.564. The molecule has 2 heterocycles. The van der Waals surface area contributed by atoms with Crippen molar-refractivity contribution >= 4 is 5.91 Å². The Morgan fingerprint density at radius 1 is 1.35 bits per heavy atom. The van der Waals surface area contributed by atoms with Gasteiger partial charge in [-0.3, -0.25) is 9.48 Å². The number of nitrogens with zero attached hydrogens (tertiary/aromatic N) is 3. The maximum Gasteiger partial charge on any atom is 0.223 e. The highest BCUT2D eigenvalue weighted by Gasteiger charge is 2.35. The van der Waals surface area contributed by atoms with Crippen LogP contribution in [0.4, 0.5) is 0 Å². The molecule has 0 spiro atoms. The van der Waals surface area contributed by atoms with E-state index < -0.39 is 5.79 Å². The molecule has 1 saturated heterocycles. The van der Waals surface area contributed by atoms with Crippen molar-refractivity contribution in [2.75, 3.05) is 13.2 Å². The van der Waals surface area contributed by atoms with Gasteiger partial charge in [0, 0.05) is 20.0 Å². The molecule has 2 aliphatic rings. The van der Waals surface area contributed by atoms with Gasteiger partial charge in [0.15, 0.2) is 5.79 Å². The largest absolute Gasteiger partial charge is 0.348 e. The Bertz CT molecular complexity index is 620. The first kappa shape index (κ1) is 19.4. The number of hydrogen-bond donors (Lipinski definition) is 0. The van der Waals surface area contributed by atoms with Gasteiger partial charge < -0.3 is 14.4 Å². The van der Waals surface area contributed by atoms with Crippen molar-refractivity contribution in [1.82, 2.24) is 14.7 Å². The average Bonchev–Trinajstić information content (AvgIpc) is 3.08. The normalized spacial score (nSPS) is 23.3. The molecular weight excluding hydrogens is 330 g/mol. The van der Waals surface area contributed by atoms with Crippen molar-refractivity contribution in [1.29, 1.82) is 0 Å². The molecule has 26 heavy (non-hydrogen) atoms. The van der Waals surface area contributed by atoms with Crippen LogP contribution in [0.1, 0.15) is 63.8 Å². The minimum Gasteiger partial charge on any atom is -0.348 e. The van der Waals surface area contributed by atoms with Gasteiger partial charge in [-0.2, -0.15) is 5.10 Å². The first-order valence-corrected chi connectivity index (χ1v) is 9.91. The van der Waals surface area contributed by atoms with E-state index in [2.05, 4.69) is 11.2 Å². The van der Waals surface area contributed by atoms with E-state index in [9.17, 15) is 4.79 Å². The third-order valence-corrected chi connectivity index (χ3v) is 5.48. The molecule has 1 amide bonds. The molecular formula is C20H33N3O3. The Morgan fingerprint density at radius 2 is 2.08 bits per heavy atom. The first-order chi connectivity index (χ1) is 12.3. The third-order valence-electron chi connectivity index (χ3n) is 5.48. The van der Waals surface area contributed by atoms with Gasteiger partial charge in [0.05, 0.1) is 24.5 Å². The van der Waals surface area contributed by atoms with Crippen LogP contribution in [0, 0.1) is 12.8 Å². The molecule has 1 aliphatic heterocycles. The Morgan fingerprint density at radius 3 is 2.65 bits per heavy atom. The van der Waals surface area contributed by atoms with E-state index in [1.807, 2.05) is 37.4 Å². The topological polar surface area (TPSA) is 56.6 Å². The molecule has 1 aromatic rings. The molecule has 1 aliphatic carbocycles. The lowest BCUT2D eigenvalue weighted by Gasteiger charge is -2.29. The highest BCUT2D eigenvalue weighted by molar-refractivity contribution is 5.76. The molecule has 0 bridgehead atoms. The Kier molecular flexibility index (Phi) is 6.03. The summed E-state index contributed by atoms with van der Waals surface area (Å²) in [7, 11) is 1.93. The van der Waals surface area contributed by atoms with E-state index in [-0.39, 0.29) is 12.0 Å². The van der Waals surface area contributed by atoms with Gasteiger partial charge in [0.2, 0.25) is 5.91 Å². The predicted octanol–water partition coefficient (Wildman–Crippen LogP) is 3.18. The maximum absolute atomic E-state index is 13.1. The zero-order valence-corrected chi connectivity index (χ0v) is 16.7. The van der Waals surface area contributed by atoms with Gasteiger partial charge in [-0.1, -0.05) is 19.3 Å². The molecule has 1 aromatic heterocycles. The van der Waals surface area contributed by atoms with Crippen LogP contribution in [-0.2, 0) is 27.9 Å². The molecule has 2 fully saturated rings. The van der Waals surface area contributed by atoms with Crippen LogP contribution in [0.2, 0.25) is 0 Å². The number of aryl methyl sites for hydroxylation is 2. The van der Waals surface area contributed by atoms with Crippen molar-refractivity contribution in [3.63, 3.8) is 0 Å². The predicted molar refractivity (Wildman–Crippen MR) is 99.5 cm³/mol. The molecule has 6 heteroatoms.